The minimum atomic E-state index is -0.286. The number of ether oxygens (including phenoxy) is 1. The average molecular weight is 325 g/mol. The summed E-state index contributed by atoms with van der Waals surface area (Å²) in [5.74, 6) is 0.227. The SMILES string of the molecule is COc1ccc(C(C)Nc2cnn(Cc3ccccc3)c2)c(F)c1. The maximum Gasteiger partial charge on any atom is 0.132 e. The maximum absolute atomic E-state index is 14.1. The van der Waals surface area contributed by atoms with Crippen LogP contribution in [-0.4, -0.2) is 16.9 Å². The van der Waals surface area contributed by atoms with Gasteiger partial charge in [0.15, 0.2) is 0 Å². The van der Waals surface area contributed by atoms with Crippen molar-refractivity contribution in [2.45, 2.75) is 19.5 Å². The number of hydrogen-bond acceptors (Lipinski definition) is 3. The number of halogens is 1. The van der Waals surface area contributed by atoms with Crippen molar-refractivity contribution in [2.75, 3.05) is 12.4 Å². The van der Waals surface area contributed by atoms with Crippen LogP contribution in [0.3, 0.4) is 0 Å². The molecule has 0 spiro atoms. The van der Waals surface area contributed by atoms with Gasteiger partial charge in [-0.15, -0.1) is 0 Å². The molecule has 124 valence electrons. The summed E-state index contributed by atoms with van der Waals surface area (Å²) in [6.45, 7) is 2.62. The number of rotatable bonds is 6. The van der Waals surface area contributed by atoms with Crippen LogP contribution in [0.15, 0.2) is 60.9 Å². The largest absolute Gasteiger partial charge is 0.497 e. The van der Waals surface area contributed by atoms with Gasteiger partial charge in [-0.1, -0.05) is 36.4 Å². The lowest BCUT2D eigenvalue weighted by molar-refractivity contribution is 0.410. The van der Waals surface area contributed by atoms with Gasteiger partial charge in [-0.05, 0) is 18.6 Å². The molecule has 0 aliphatic rings. The third-order valence-corrected chi connectivity index (χ3v) is 3.88. The third-order valence-electron chi connectivity index (χ3n) is 3.88. The van der Waals surface area contributed by atoms with Gasteiger partial charge in [0, 0.05) is 17.8 Å². The van der Waals surface area contributed by atoms with Crippen molar-refractivity contribution >= 4 is 5.69 Å². The zero-order valence-corrected chi connectivity index (χ0v) is 13.7. The van der Waals surface area contributed by atoms with Crippen molar-refractivity contribution < 1.29 is 9.13 Å². The summed E-state index contributed by atoms with van der Waals surface area (Å²) in [6.07, 6.45) is 3.67. The molecule has 0 bridgehead atoms. The van der Waals surface area contributed by atoms with E-state index in [0.29, 0.717) is 17.9 Å². The van der Waals surface area contributed by atoms with Crippen LogP contribution in [0.2, 0.25) is 0 Å². The number of nitrogens with zero attached hydrogens (tertiary/aromatic N) is 2. The van der Waals surface area contributed by atoms with Gasteiger partial charge in [-0.2, -0.15) is 5.10 Å². The highest BCUT2D eigenvalue weighted by molar-refractivity contribution is 5.42. The molecule has 1 aromatic heterocycles. The zero-order chi connectivity index (χ0) is 16.9. The van der Waals surface area contributed by atoms with Gasteiger partial charge in [-0.25, -0.2) is 4.39 Å². The minimum Gasteiger partial charge on any atom is -0.497 e. The molecule has 5 heteroatoms. The molecule has 3 rings (SSSR count). The van der Waals surface area contributed by atoms with E-state index in [1.807, 2.05) is 36.0 Å². The number of anilines is 1. The van der Waals surface area contributed by atoms with E-state index in [9.17, 15) is 4.39 Å². The molecule has 0 saturated carbocycles. The molecule has 2 aromatic carbocycles. The lowest BCUT2D eigenvalue weighted by Crippen LogP contribution is -2.08. The fraction of sp³-hybridized carbons (Fsp3) is 0.211. The predicted molar refractivity (Wildman–Crippen MR) is 92.8 cm³/mol. The minimum absolute atomic E-state index is 0.176. The highest BCUT2D eigenvalue weighted by Gasteiger charge is 2.12. The quantitative estimate of drug-likeness (QED) is 0.736. The Morgan fingerprint density at radius 1 is 1.21 bits per heavy atom. The smallest absolute Gasteiger partial charge is 0.132 e. The van der Waals surface area contributed by atoms with E-state index >= 15 is 0 Å². The summed E-state index contributed by atoms with van der Waals surface area (Å²) in [5, 5.41) is 7.63. The molecule has 0 aliphatic carbocycles. The van der Waals surface area contributed by atoms with Crippen LogP contribution in [-0.2, 0) is 6.54 Å². The van der Waals surface area contributed by atoms with Crippen molar-refractivity contribution in [1.82, 2.24) is 9.78 Å². The van der Waals surface area contributed by atoms with Gasteiger partial charge < -0.3 is 10.1 Å². The van der Waals surface area contributed by atoms with E-state index in [4.69, 9.17) is 4.74 Å². The van der Waals surface area contributed by atoms with Crippen LogP contribution in [0.5, 0.6) is 5.75 Å². The molecule has 4 nitrogen and oxygen atoms in total. The second-order valence-electron chi connectivity index (χ2n) is 5.67. The zero-order valence-electron chi connectivity index (χ0n) is 13.7. The van der Waals surface area contributed by atoms with Gasteiger partial charge in [-0.3, -0.25) is 4.68 Å². The van der Waals surface area contributed by atoms with Crippen molar-refractivity contribution in [3.8, 4) is 5.75 Å². The Bertz CT molecular complexity index is 801. The second kappa shape index (κ2) is 7.17. The molecule has 1 unspecified atom stereocenters. The molecule has 24 heavy (non-hydrogen) atoms. The number of hydrogen-bond donors (Lipinski definition) is 1. The molecule has 0 radical (unpaired) electrons. The normalized spacial score (nSPS) is 12.0. The molecule has 0 fully saturated rings. The van der Waals surface area contributed by atoms with Gasteiger partial charge >= 0.3 is 0 Å². The summed E-state index contributed by atoms with van der Waals surface area (Å²) in [6, 6.07) is 14.8. The Balaban J connectivity index is 1.68. The lowest BCUT2D eigenvalue weighted by atomic mass is 10.1. The molecule has 0 aliphatic heterocycles. The summed E-state index contributed by atoms with van der Waals surface area (Å²) in [7, 11) is 1.53. The fourth-order valence-corrected chi connectivity index (χ4v) is 2.61. The first-order valence-corrected chi connectivity index (χ1v) is 7.82. The molecule has 0 amide bonds. The van der Waals surface area contributed by atoms with E-state index in [-0.39, 0.29) is 11.9 Å². The Morgan fingerprint density at radius 2 is 2.00 bits per heavy atom. The number of benzene rings is 2. The number of aromatic nitrogens is 2. The summed E-state index contributed by atoms with van der Waals surface area (Å²) >= 11 is 0. The molecule has 1 heterocycles. The van der Waals surface area contributed by atoms with Crippen molar-refractivity contribution in [3.63, 3.8) is 0 Å². The molecule has 1 atom stereocenters. The molecular formula is C19H20FN3O. The standard InChI is InChI=1S/C19H20FN3O/c1-14(18-9-8-17(24-2)10-19(18)20)22-16-11-21-23(13-16)12-15-6-4-3-5-7-15/h3-11,13-14,22H,12H2,1-2H3. The van der Waals surface area contributed by atoms with E-state index in [1.165, 1.54) is 18.7 Å². The Kier molecular flexibility index (Phi) is 4.79. The van der Waals surface area contributed by atoms with Crippen LogP contribution in [0.1, 0.15) is 24.1 Å². The third kappa shape index (κ3) is 3.74. The van der Waals surface area contributed by atoms with Crippen LogP contribution in [0, 0.1) is 5.82 Å². The summed E-state index contributed by atoms with van der Waals surface area (Å²) < 4.78 is 21.0. The lowest BCUT2D eigenvalue weighted by Gasteiger charge is -2.15. The van der Waals surface area contributed by atoms with Crippen LogP contribution < -0.4 is 10.1 Å². The monoisotopic (exact) mass is 325 g/mol. The first kappa shape index (κ1) is 16.1. The Morgan fingerprint density at radius 3 is 2.71 bits per heavy atom. The van der Waals surface area contributed by atoms with Crippen molar-refractivity contribution in [2.24, 2.45) is 0 Å². The van der Waals surface area contributed by atoms with Gasteiger partial charge in [0.2, 0.25) is 0 Å². The van der Waals surface area contributed by atoms with E-state index in [2.05, 4.69) is 22.5 Å². The van der Waals surface area contributed by atoms with Crippen LogP contribution in [0.25, 0.3) is 0 Å². The number of methoxy groups -OCH3 is 1. The molecule has 3 aromatic rings. The van der Waals surface area contributed by atoms with E-state index < -0.39 is 0 Å². The fourth-order valence-electron chi connectivity index (χ4n) is 2.61. The van der Waals surface area contributed by atoms with E-state index in [1.54, 1.807) is 18.3 Å². The Labute approximate surface area is 140 Å². The molecule has 0 saturated heterocycles. The van der Waals surface area contributed by atoms with E-state index in [0.717, 1.165) is 5.69 Å². The highest BCUT2D eigenvalue weighted by atomic mass is 19.1. The number of nitrogens with one attached hydrogen (secondary N) is 1. The van der Waals surface area contributed by atoms with Gasteiger partial charge in [0.1, 0.15) is 11.6 Å². The Hall–Kier alpha value is -2.82. The highest BCUT2D eigenvalue weighted by Crippen LogP contribution is 2.24. The molecular weight excluding hydrogens is 305 g/mol. The predicted octanol–water partition coefficient (Wildman–Crippen LogP) is 4.25. The second-order valence-corrected chi connectivity index (χ2v) is 5.67. The summed E-state index contributed by atoms with van der Waals surface area (Å²) in [5.41, 5.74) is 2.63. The van der Waals surface area contributed by atoms with Crippen molar-refractivity contribution in [1.29, 1.82) is 0 Å². The first-order chi connectivity index (χ1) is 11.7. The first-order valence-electron chi connectivity index (χ1n) is 7.82. The van der Waals surface area contributed by atoms with Crippen molar-refractivity contribution in [3.05, 3.63) is 77.9 Å². The van der Waals surface area contributed by atoms with Crippen LogP contribution >= 0.6 is 0 Å². The molecule has 1 N–H and O–H groups in total. The van der Waals surface area contributed by atoms with Gasteiger partial charge in [0.05, 0.1) is 31.6 Å². The maximum atomic E-state index is 14.1. The topological polar surface area (TPSA) is 39.1 Å². The average Bonchev–Trinajstić information content (AvgIpc) is 3.02. The van der Waals surface area contributed by atoms with Gasteiger partial charge in [0.25, 0.3) is 0 Å². The van der Waals surface area contributed by atoms with Crippen LogP contribution in [0.4, 0.5) is 10.1 Å². The summed E-state index contributed by atoms with van der Waals surface area (Å²) in [4.78, 5) is 0.